The molecule has 1 fully saturated rings. The Morgan fingerprint density at radius 2 is 1.52 bits per heavy atom. The molecule has 0 radical (unpaired) electrons. The van der Waals surface area contributed by atoms with Crippen LogP contribution in [0.5, 0.6) is 0 Å². The monoisotopic (exact) mass is 445 g/mol. The van der Waals surface area contributed by atoms with E-state index in [1.54, 1.807) is 24.3 Å². The van der Waals surface area contributed by atoms with E-state index in [9.17, 15) is 9.59 Å². The minimum Gasteiger partial charge on any atom is -0.337 e. The fourth-order valence-corrected chi connectivity index (χ4v) is 4.53. The van der Waals surface area contributed by atoms with Crippen LogP contribution in [-0.4, -0.2) is 75.9 Å². The Labute approximate surface area is 192 Å². The van der Waals surface area contributed by atoms with Crippen LogP contribution >= 0.6 is 0 Å². The van der Waals surface area contributed by atoms with E-state index in [-0.39, 0.29) is 17.9 Å². The normalized spacial score (nSPS) is 18.0. The van der Waals surface area contributed by atoms with Gasteiger partial charge in [0.1, 0.15) is 0 Å². The molecule has 1 aromatic heterocycles. The van der Waals surface area contributed by atoms with Gasteiger partial charge in [0.15, 0.2) is 0 Å². The molecule has 5 rings (SSSR count). The van der Waals surface area contributed by atoms with Gasteiger partial charge >= 0.3 is 0 Å². The minimum atomic E-state index is -0.177. The van der Waals surface area contributed by atoms with Crippen molar-refractivity contribution >= 4 is 11.8 Å². The molecule has 0 saturated carbocycles. The van der Waals surface area contributed by atoms with Crippen molar-refractivity contribution in [3.63, 3.8) is 0 Å². The van der Waals surface area contributed by atoms with Crippen LogP contribution in [-0.2, 0) is 0 Å². The first kappa shape index (κ1) is 21.5. The number of hydrogen-bond acceptors (Lipinski definition) is 7. The van der Waals surface area contributed by atoms with Crippen molar-refractivity contribution in [3.05, 3.63) is 71.6 Å². The van der Waals surface area contributed by atoms with Crippen LogP contribution in [0.1, 0.15) is 46.0 Å². The highest BCUT2D eigenvalue weighted by atomic mass is 16.5. The zero-order valence-electron chi connectivity index (χ0n) is 18.7. The summed E-state index contributed by atoms with van der Waals surface area (Å²) in [7, 11) is 0. The van der Waals surface area contributed by atoms with Gasteiger partial charge in [0, 0.05) is 38.3 Å². The summed E-state index contributed by atoms with van der Waals surface area (Å²) in [6, 6.07) is 16.9. The van der Waals surface area contributed by atoms with Gasteiger partial charge in [-0.15, -0.1) is 0 Å². The topological polar surface area (TPSA) is 82.8 Å². The summed E-state index contributed by atoms with van der Waals surface area (Å²) < 4.78 is 5.54. The van der Waals surface area contributed by atoms with Gasteiger partial charge in [0.25, 0.3) is 11.8 Å². The Kier molecular flexibility index (Phi) is 6.02. The molecule has 2 aromatic carbocycles. The van der Waals surface area contributed by atoms with Gasteiger partial charge in [-0.05, 0) is 32.0 Å². The molecule has 0 bridgehead atoms. The minimum absolute atomic E-state index is 0.0514. The van der Waals surface area contributed by atoms with E-state index < -0.39 is 0 Å². The van der Waals surface area contributed by atoms with Crippen LogP contribution in [0, 0.1) is 0 Å². The molecule has 8 heteroatoms. The van der Waals surface area contributed by atoms with Gasteiger partial charge in [-0.1, -0.05) is 47.6 Å². The number of carbonyl (C=O) groups is 2. The van der Waals surface area contributed by atoms with Gasteiger partial charge in [-0.25, -0.2) is 0 Å². The number of nitrogens with zero attached hydrogens (tertiary/aromatic N) is 5. The van der Waals surface area contributed by atoms with Crippen molar-refractivity contribution in [1.82, 2.24) is 24.8 Å². The maximum atomic E-state index is 12.5. The molecular weight excluding hydrogens is 418 g/mol. The number of carbonyl (C=O) groups excluding carboxylic acids is 2. The molecule has 1 unspecified atom stereocenters. The van der Waals surface area contributed by atoms with Crippen LogP contribution in [0.4, 0.5) is 0 Å². The number of hydrogen-bond donors (Lipinski definition) is 0. The van der Waals surface area contributed by atoms with Gasteiger partial charge < -0.3 is 9.42 Å². The lowest BCUT2D eigenvalue weighted by atomic mass is 10.1. The third kappa shape index (κ3) is 4.31. The molecular formula is C25H27N5O3. The number of amides is 2. The molecule has 1 atom stereocenters. The van der Waals surface area contributed by atoms with Crippen LogP contribution in [0.15, 0.2) is 59.1 Å². The van der Waals surface area contributed by atoms with E-state index in [1.165, 1.54) is 4.90 Å². The lowest BCUT2D eigenvalue weighted by Crippen LogP contribution is -2.47. The number of aromatic nitrogens is 2. The fraction of sp³-hybridized carbons (Fsp3) is 0.360. The van der Waals surface area contributed by atoms with E-state index in [0.717, 1.165) is 44.7 Å². The highest BCUT2D eigenvalue weighted by Gasteiger charge is 2.34. The van der Waals surface area contributed by atoms with E-state index >= 15 is 0 Å². The van der Waals surface area contributed by atoms with Crippen LogP contribution in [0.2, 0.25) is 0 Å². The summed E-state index contributed by atoms with van der Waals surface area (Å²) in [5.41, 5.74) is 1.98. The summed E-state index contributed by atoms with van der Waals surface area (Å²) in [5, 5.41) is 4.14. The standard InChI is InChI=1S/C25H27N5O3/c1-18(23-26-22(27-33-23)19-8-3-2-4-9-19)29-16-14-28(15-17-29)12-7-13-30-24(31)20-10-5-6-11-21(20)25(30)32/h2-6,8-11,18H,7,12-17H2,1H3. The Morgan fingerprint density at radius 3 is 2.18 bits per heavy atom. The molecule has 8 nitrogen and oxygen atoms in total. The zero-order valence-corrected chi connectivity index (χ0v) is 18.7. The van der Waals surface area contributed by atoms with Crippen LogP contribution < -0.4 is 0 Å². The van der Waals surface area contributed by atoms with Crippen molar-refractivity contribution in [2.45, 2.75) is 19.4 Å². The second-order valence-electron chi connectivity index (χ2n) is 8.54. The van der Waals surface area contributed by atoms with E-state index in [2.05, 4.69) is 26.9 Å². The first-order chi connectivity index (χ1) is 16.1. The Hall–Kier alpha value is -3.36. The predicted molar refractivity (Wildman–Crippen MR) is 123 cm³/mol. The Morgan fingerprint density at radius 1 is 0.879 bits per heavy atom. The summed E-state index contributed by atoms with van der Waals surface area (Å²) in [6.45, 7) is 7.05. The number of imide groups is 1. The molecule has 2 aliphatic heterocycles. The van der Waals surface area contributed by atoms with Crippen molar-refractivity contribution in [2.24, 2.45) is 0 Å². The number of fused-ring (bicyclic) bond motifs is 1. The molecule has 3 heterocycles. The second kappa shape index (κ2) is 9.25. The maximum Gasteiger partial charge on any atom is 0.261 e. The maximum absolute atomic E-state index is 12.5. The largest absolute Gasteiger partial charge is 0.337 e. The molecule has 1 saturated heterocycles. The Balaban J connectivity index is 1.09. The molecule has 170 valence electrons. The first-order valence-electron chi connectivity index (χ1n) is 11.4. The van der Waals surface area contributed by atoms with Crippen molar-refractivity contribution in [3.8, 4) is 11.4 Å². The molecule has 33 heavy (non-hydrogen) atoms. The van der Waals surface area contributed by atoms with E-state index in [0.29, 0.717) is 29.4 Å². The molecule has 0 N–H and O–H groups in total. The number of benzene rings is 2. The van der Waals surface area contributed by atoms with Crippen molar-refractivity contribution in [2.75, 3.05) is 39.3 Å². The SMILES string of the molecule is CC(c1nc(-c2ccccc2)no1)N1CCN(CCCN2C(=O)c3ccccc3C2=O)CC1. The lowest BCUT2D eigenvalue weighted by Gasteiger charge is -2.36. The van der Waals surface area contributed by atoms with E-state index in [4.69, 9.17) is 4.52 Å². The third-order valence-electron chi connectivity index (χ3n) is 6.52. The lowest BCUT2D eigenvalue weighted by molar-refractivity contribution is 0.0629. The highest BCUT2D eigenvalue weighted by Crippen LogP contribution is 2.24. The fourth-order valence-electron chi connectivity index (χ4n) is 4.53. The molecule has 0 aliphatic carbocycles. The molecule has 2 aliphatic rings. The van der Waals surface area contributed by atoms with E-state index in [1.807, 2.05) is 30.3 Å². The number of piperazine rings is 1. The predicted octanol–water partition coefficient (Wildman–Crippen LogP) is 3.10. The third-order valence-corrected chi connectivity index (χ3v) is 6.52. The molecule has 3 aromatic rings. The number of rotatable bonds is 7. The second-order valence-corrected chi connectivity index (χ2v) is 8.54. The van der Waals surface area contributed by atoms with Gasteiger partial charge in [-0.2, -0.15) is 4.98 Å². The summed E-state index contributed by atoms with van der Waals surface area (Å²) in [5.74, 6) is 0.893. The molecule has 0 spiro atoms. The van der Waals surface area contributed by atoms with Crippen molar-refractivity contribution in [1.29, 1.82) is 0 Å². The van der Waals surface area contributed by atoms with Crippen LogP contribution in [0.25, 0.3) is 11.4 Å². The summed E-state index contributed by atoms with van der Waals surface area (Å²) in [4.78, 5) is 35.7. The van der Waals surface area contributed by atoms with Gasteiger partial charge in [0.05, 0.1) is 17.2 Å². The van der Waals surface area contributed by atoms with Crippen molar-refractivity contribution < 1.29 is 14.1 Å². The van der Waals surface area contributed by atoms with Gasteiger partial charge in [-0.3, -0.25) is 19.4 Å². The summed E-state index contributed by atoms with van der Waals surface area (Å²) in [6.07, 6.45) is 0.769. The summed E-state index contributed by atoms with van der Waals surface area (Å²) >= 11 is 0. The van der Waals surface area contributed by atoms with Gasteiger partial charge in [0.2, 0.25) is 11.7 Å². The zero-order chi connectivity index (χ0) is 22.8. The smallest absolute Gasteiger partial charge is 0.261 e. The quantitative estimate of drug-likeness (QED) is 0.517. The average molecular weight is 446 g/mol. The molecule has 2 amide bonds. The van der Waals surface area contributed by atoms with Crippen LogP contribution in [0.3, 0.4) is 0 Å². The highest BCUT2D eigenvalue weighted by molar-refractivity contribution is 6.21. The average Bonchev–Trinajstić information content (AvgIpc) is 3.45. The Bertz CT molecular complexity index is 1100. The first-order valence-corrected chi connectivity index (χ1v) is 11.4.